The summed E-state index contributed by atoms with van der Waals surface area (Å²) in [6, 6.07) is 6.98. The summed E-state index contributed by atoms with van der Waals surface area (Å²) in [4.78, 5) is 16.2. The largest absolute Gasteiger partial charge is 0.493 e. The molecule has 1 heterocycles. The lowest BCUT2D eigenvalue weighted by Crippen LogP contribution is -2.40. The Kier molecular flexibility index (Phi) is 8.87. The van der Waals surface area contributed by atoms with Crippen molar-refractivity contribution in [2.75, 3.05) is 34.4 Å². The van der Waals surface area contributed by atoms with E-state index in [1.54, 1.807) is 30.5 Å². The average molecular weight is 510 g/mol. The Morgan fingerprint density at radius 3 is 2.59 bits per heavy atom. The molecule has 0 spiro atoms. The molecule has 2 aliphatic rings. The van der Waals surface area contributed by atoms with E-state index in [1.165, 1.54) is 13.5 Å². The molecule has 0 radical (unpaired) electrons. The molecule has 2 aliphatic carbocycles. The Bertz CT molecular complexity index is 1100. The van der Waals surface area contributed by atoms with E-state index in [0.29, 0.717) is 29.1 Å². The first kappa shape index (κ1) is 27.1. The number of benzene rings is 1. The fourth-order valence-electron chi connectivity index (χ4n) is 5.50. The molecule has 200 valence electrons. The highest BCUT2D eigenvalue weighted by atomic mass is 16.5. The van der Waals surface area contributed by atoms with E-state index in [-0.39, 0.29) is 11.9 Å². The predicted octanol–water partition coefficient (Wildman–Crippen LogP) is 5.55. The molecule has 2 aromatic rings. The molecule has 0 unspecified atom stereocenters. The molecule has 1 saturated carbocycles. The molecule has 1 aromatic heterocycles. The first-order valence-electron chi connectivity index (χ1n) is 13.5. The number of esters is 1. The van der Waals surface area contributed by atoms with Crippen molar-refractivity contribution >= 4 is 5.97 Å². The zero-order valence-electron chi connectivity index (χ0n) is 22.4. The quantitative estimate of drug-likeness (QED) is 0.243. The third-order valence-corrected chi connectivity index (χ3v) is 7.55. The second-order valence-electron chi connectivity index (χ2n) is 10.9. The molecule has 37 heavy (non-hydrogen) atoms. The van der Waals surface area contributed by atoms with Crippen LogP contribution in [0.5, 0.6) is 5.75 Å². The van der Waals surface area contributed by atoms with Gasteiger partial charge in [-0.3, -0.25) is 0 Å². The summed E-state index contributed by atoms with van der Waals surface area (Å²) in [6.45, 7) is 2.14. The van der Waals surface area contributed by atoms with E-state index in [1.807, 2.05) is 0 Å². The number of carbonyl (C=O) groups excluding carboxylic acids is 1. The zero-order chi connectivity index (χ0) is 26.3. The molecule has 7 nitrogen and oxygen atoms in total. The monoisotopic (exact) mass is 509 g/mol. The molecule has 4 rings (SSSR count). The van der Waals surface area contributed by atoms with Crippen molar-refractivity contribution in [3.63, 3.8) is 0 Å². The molecule has 1 aromatic carbocycles. The highest BCUT2D eigenvalue weighted by molar-refractivity contribution is 5.89. The van der Waals surface area contributed by atoms with Gasteiger partial charge in [0.15, 0.2) is 11.4 Å². The van der Waals surface area contributed by atoms with E-state index < -0.39 is 5.60 Å². The summed E-state index contributed by atoms with van der Waals surface area (Å²) >= 11 is 0. The SMILES string of the molecule is COC(=O)c1ccc(OCCC[N+](C)(C)Cc2cnc([C@](O)(C3=CCCC=C3)C3CCCCC3)o2)cc1. The van der Waals surface area contributed by atoms with Crippen molar-refractivity contribution in [1.82, 2.24) is 4.98 Å². The van der Waals surface area contributed by atoms with E-state index in [2.05, 4.69) is 37.3 Å². The number of ether oxygens (including phenoxy) is 2. The van der Waals surface area contributed by atoms with Crippen LogP contribution in [0.25, 0.3) is 0 Å². The van der Waals surface area contributed by atoms with Crippen LogP contribution < -0.4 is 4.74 Å². The van der Waals surface area contributed by atoms with Crippen molar-refractivity contribution in [2.45, 2.75) is 63.5 Å². The Morgan fingerprint density at radius 1 is 1.16 bits per heavy atom. The maximum atomic E-state index is 12.1. The van der Waals surface area contributed by atoms with Gasteiger partial charge in [-0.05, 0) is 55.5 Å². The van der Waals surface area contributed by atoms with E-state index in [4.69, 9.17) is 13.9 Å². The molecule has 1 atom stereocenters. The number of aliphatic hydroxyl groups is 1. The van der Waals surface area contributed by atoms with Crippen molar-refractivity contribution < 1.29 is 28.3 Å². The molecule has 7 heteroatoms. The number of allylic oxidation sites excluding steroid dienone is 2. The van der Waals surface area contributed by atoms with Gasteiger partial charge in [0.25, 0.3) is 0 Å². The van der Waals surface area contributed by atoms with Gasteiger partial charge in [-0.1, -0.05) is 37.5 Å². The van der Waals surface area contributed by atoms with Gasteiger partial charge in [0.1, 0.15) is 12.3 Å². The molecule has 0 amide bonds. The number of hydrogen-bond acceptors (Lipinski definition) is 6. The topological polar surface area (TPSA) is 81.8 Å². The number of carbonyl (C=O) groups is 1. The van der Waals surface area contributed by atoms with Gasteiger partial charge in [-0.25, -0.2) is 9.78 Å². The normalized spacial score (nSPS) is 18.2. The van der Waals surface area contributed by atoms with Crippen LogP contribution in [0.4, 0.5) is 0 Å². The van der Waals surface area contributed by atoms with Crippen molar-refractivity contribution in [3.8, 4) is 5.75 Å². The van der Waals surface area contributed by atoms with Crippen LogP contribution in [0.3, 0.4) is 0 Å². The molecular formula is C30H41N2O5+. The molecule has 0 bridgehead atoms. The second kappa shape index (κ2) is 12.1. The summed E-state index contributed by atoms with van der Waals surface area (Å²) < 4.78 is 17.6. The Labute approximate surface area is 220 Å². The summed E-state index contributed by atoms with van der Waals surface area (Å²) in [6.07, 6.45) is 16.4. The number of oxazole rings is 1. The molecule has 0 saturated heterocycles. The lowest BCUT2D eigenvalue weighted by Gasteiger charge is -2.37. The lowest BCUT2D eigenvalue weighted by atomic mass is 9.72. The third kappa shape index (κ3) is 6.70. The van der Waals surface area contributed by atoms with Crippen molar-refractivity contribution in [3.05, 3.63) is 71.5 Å². The number of aromatic nitrogens is 1. The van der Waals surface area contributed by atoms with Gasteiger partial charge in [0, 0.05) is 12.3 Å². The molecule has 1 N–H and O–H groups in total. The summed E-state index contributed by atoms with van der Waals surface area (Å²) in [7, 11) is 5.69. The maximum absolute atomic E-state index is 12.1. The van der Waals surface area contributed by atoms with Crippen LogP contribution in [-0.2, 0) is 16.9 Å². The van der Waals surface area contributed by atoms with Crippen molar-refractivity contribution in [2.24, 2.45) is 5.92 Å². The Morgan fingerprint density at radius 2 is 1.92 bits per heavy atom. The van der Waals surface area contributed by atoms with Gasteiger partial charge in [0.2, 0.25) is 5.89 Å². The minimum absolute atomic E-state index is 0.128. The summed E-state index contributed by atoms with van der Waals surface area (Å²) in [5.74, 6) is 1.72. The molecule has 1 fully saturated rings. The van der Waals surface area contributed by atoms with E-state index in [0.717, 1.165) is 68.6 Å². The van der Waals surface area contributed by atoms with Crippen LogP contribution in [0, 0.1) is 5.92 Å². The van der Waals surface area contributed by atoms with Gasteiger partial charge >= 0.3 is 5.97 Å². The minimum Gasteiger partial charge on any atom is -0.493 e. The lowest BCUT2D eigenvalue weighted by molar-refractivity contribution is -0.904. The zero-order valence-corrected chi connectivity index (χ0v) is 22.4. The van der Waals surface area contributed by atoms with Crippen LogP contribution in [-0.4, -0.2) is 54.9 Å². The van der Waals surface area contributed by atoms with E-state index in [9.17, 15) is 9.90 Å². The van der Waals surface area contributed by atoms with E-state index >= 15 is 0 Å². The van der Waals surface area contributed by atoms with Gasteiger partial charge in [-0.2, -0.15) is 0 Å². The Balaban J connectivity index is 1.35. The number of methoxy groups -OCH3 is 1. The Hall–Kier alpha value is -2.90. The third-order valence-electron chi connectivity index (χ3n) is 7.55. The van der Waals surface area contributed by atoms with Gasteiger partial charge in [-0.15, -0.1) is 0 Å². The first-order chi connectivity index (χ1) is 17.8. The second-order valence-corrected chi connectivity index (χ2v) is 10.9. The number of quaternary nitrogens is 1. The number of rotatable bonds is 11. The van der Waals surface area contributed by atoms with Gasteiger partial charge in [0.05, 0.1) is 46.1 Å². The van der Waals surface area contributed by atoms with Crippen LogP contribution in [0.2, 0.25) is 0 Å². The molecule has 0 aliphatic heterocycles. The highest BCUT2D eigenvalue weighted by Gasteiger charge is 2.45. The standard InChI is InChI=1S/C30H41N2O5/c1-32(2,19-10-20-36-26-17-15-23(16-18-26)28(33)35-3)22-27-21-31-29(37-27)30(34,24-11-6-4-7-12-24)25-13-8-5-9-14-25/h6,11-12,15-18,21,25,34H,4-5,7-10,13-14,19-20,22H2,1-3H3/q+1/t30-/m0/s1. The van der Waals surface area contributed by atoms with Crippen LogP contribution in [0.15, 0.2) is 58.7 Å². The summed E-state index contributed by atoms with van der Waals surface area (Å²) in [5, 5.41) is 12.1. The van der Waals surface area contributed by atoms with Crippen LogP contribution in [0.1, 0.15) is 73.4 Å². The van der Waals surface area contributed by atoms with Crippen LogP contribution >= 0.6 is 0 Å². The molecular weight excluding hydrogens is 468 g/mol. The minimum atomic E-state index is -1.16. The fraction of sp³-hybridized carbons (Fsp3) is 0.533. The van der Waals surface area contributed by atoms with Crippen molar-refractivity contribution in [1.29, 1.82) is 0 Å². The summed E-state index contributed by atoms with van der Waals surface area (Å²) in [5.41, 5.74) is 0.277. The average Bonchev–Trinajstić information content (AvgIpc) is 3.39. The predicted molar refractivity (Wildman–Crippen MR) is 142 cm³/mol. The number of nitrogens with zero attached hydrogens (tertiary/aromatic N) is 2. The fourth-order valence-corrected chi connectivity index (χ4v) is 5.50. The smallest absolute Gasteiger partial charge is 0.337 e. The highest BCUT2D eigenvalue weighted by Crippen LogP contribution is 2.45. The number of hydrogen-bond donors (Lipinski definition) is 1. The first-order valence-corrected chi connectivity index (χ1v) is 13.5. The van der Waals surface area contributed by atoms with Gasteiger partial charge < -0.3 is 23.5 Å². The maximum Gasteiger partial charge on any atom is 0.337 e.